The van der Waals surface area contributed by atoms with E-state index in [1.807, 2.05) is 17.0 Å². The number of hydrogen-bond acceptors (Lipinski definition) is 2. The predicted molar refractivity (Wildman–Crippen MR) is 93.1 cm³/mol. The molecular formula is C20H24N2O. The number of amides is 1. The van der Waals surface area contributed by atoms with E-state index in [1.165, 1.54) is 11.1 Å². The van der Waals surface area contributed by atoms with Gasteiger partial charge in [0.15, 0.2) is 0 Å². The average Bonchev–Trinajstić information content (AvgIpc) is 2.62. The van der Waals surface area contributed by atoms with E-state index >= 15 is 0 Å². The summed E-state index contributed by atoms with van der Waals surface area (Å²) in [6.07, 6.45) is 2.03. The third-order valence-corrected chi connectivity index (χ3v) is 4.85. The number of nitrogens with zero attached hydrogens (tertiary/aromatic N) is 1. The average molecular weight is 308 g/mol. The number of rotatable bonds is 3. The zero-order chi connectivity index (χ0) is 16.3. The van der Waals surface area contributed by atoms with Gasteiger partial charge in [-0.15, -0.1) is 0 Å². The summed E-state index contributed by atoms with van der Waals surface area (Å²) < 4.78 is 0. The van der Waals surface area contributed by atoms with E-state index in [1.54, 1.807) is 6.92 Å². The van der Waals surface area contributed by atoms with Gasteiger partial charge in [-0.05, 0) is 30.9 Å². The molecule has 2 N–H and O–H groups in total. The maximum absolute atomic E-state index is 12.4. The van der Waals surface area contributed by atoms with E-state index in [9.17, 15) is 4.79 Å². The monoisotopic (exact) mass is 308 g/mol. The molecule has 1 aliphatic heterocycles. The first-order valence-corrected chi connectivity index (χ1v) is 8.29. The zero-order valence-corrected chi connectivity index (χ0v) is 13.6. The minimum Gasteiger partial charge on any atom is -0.340 e. The van der Waals surface area contributed by atoms with Crippen LogP contribution in [0.4, 0.5) is 0 Å². The molecule has 0 aliphatic carbocycles. The fourth-order valence-corrected chi connectivity index (χ4v) is 3.68. The maximum atomic E-state index is 12.4. The molecule has 1 fully saturated rings. The molecule has 0 radical (unpaired) electrons. The third-order valence-electron chi connectivity index (χ3n) is 4.85. The standard InChI is InChI=1S/C20H24N2O/c1-16(21)19(23)22-14-8-13-20(15-22,17-9-4-2-5-10-17)18-11-6-3-7-12-18/h2-7,9-12,16H,8,13-15,21H2,1H3/t16-/m0/s1. The molecule has 3 rings (SSSR count). The second-order valence-electron chi connectivity index (χ2n) is 6.47. The van der Waals surface area contributed by atoms with Gasteiger partial charge in [-0.25, -0.2) is 0 Å². The van der Waals surface area contributed by atoms with Crippen LogP contribution in [0.1, 0.15) is 30.9 Å². The van der Waals surface area contributed by atoms with Crippen LogP contribution in [-0.2, 0) is 10.2 Å². The summed E-state index contributed by atoms with van der Waals surface area (Å²) in [5, 5.41) is 0. The number of likely N-dealkylation sites (tertiary alicyclic amines) is 1. The normalized spacial score (nSPS) is 18.4. The minimum atomic E-state index is -0.447. The van der Waals surface area contributed by atoms with Crippen LogP contribution in [0.5, 0.6) is 0 Å². The fraction of sp³-hybridized carbons (Fsp3) is 0.350. The van der Waals surface area contributed by atoms with Crippen molar-refractivity contribution in [2.24, 2.45) is 5.73 Å². The molecule has 1 atom stereocenters. The zero-order valence-electron chi connectivity index (χ0n) is 13.6. The molecule has 2 aromatic carbocycles. The van der Waals surface area contributed by atoms with E-state index in [-0.39, 0.29) is 11.3 Å². The molecule has 1 amide bonds. The number of carbonyl (C=O) groups excluding carboxylic acids is 1. The van der Waals surface area contributed by atoms with Gasteiger partial charge in [-0.3, -0.25) is 4.79 Å². The Labute approximate surface area is 138 Å². The second kappa shape index (κ2) is 6.55. The van der Waals surface area contributed by atoms with E-state index < -0.39 is 6.04 Å². The predicted octanol–water partition coefficient (Wildman–Crippen LogP) is 2.94. The lowest BCUT2D eigenvalue weighted by Crippen LogP contribution is -2.52. The van der Waals surface area contributed by atoms with Crippen molar-refractivity contribution in [1.29, 1.82) is 0 Å². The quantitative estimate of drug-likeness (QED) is 0.947. The largest absolute Gasteiger partial charge is 0.340 e. The van der Waals surface area contributed by atoms with Crippen LogP contribution in [0, 0.1) is 0 Å². The summed E-state index contributed by atoms with van der Waals surface area (Å²) >= 11 is 0. The Morgan fingerprint density at radius 3 is 2.04 bits per heavy atom. The number of benzene rings is 2. The number of piperidine rings is 1. The molecule has 0 unspecified atom stereocenters. The van der Waals surface area contributed by atoms with Crippen LogP contribution in [-0.4, -0.2) is 29.9 Å². The summed E-state index contributed by atoms with van der Waals surface area (Å²) in [5.41, 5.74) is 8.24. The molecule has 1 heterocycles. The third kappa shape index (κ3) is 3.02. The van der Waals surface area contributed by atoms with E-state index in [2.05, 4.69) is 48.5 Å². The highest BCUT2D eigenvalue weighted by Crippen LogP contribution is 2.40. The molecule has 23 heavy (non-hydrogen) atoms. The van der Waals surface area contributed by atoms with Crippen LogP contribution < -0.4 is 5.73 Å². The minimum absolute atomic E-state index is 0.0425. The van der Waals surface area contributed by atoms with Gasteiger partial charge in [0, 0.05) is 18.5 Å². The van der Waals surface area contributed by atoms with Crippen molar-refractivity contribution < 1.29 is 4.79 Å². The van der Waals surface area contributed by atoms with Crippen molar-refractivity contribution in [2.75, 3.05) is 13.1 Å². The smallest absolute Gasteiger partial charge is 0.239 e. The first kappa shape index (κ1) is 15.8. The molecule has 120 valence electrons. The highest BCUT2D eigenvalue weighted by Gasteiger charge is 2.40. The van der Waals surface area contributed by atoms with Crippen molar-refractivity contribution in [1.82, 2.24) is 4.90 Å². The van der Waals surface area contributed by atoms with Crippen LogP contribution in [0.3, 0.4) is 0 Å². The van der Waals surface area contributed by atoms with E-state index in [4.69, 9.17) is 5.73 Å². The Bertz CT molecular complexity index is 612. The summed E-state index contributed by atoms with van der Waals surface area (Å²) in [6, 6.07) is 20.6. The van der Waals surface area contributed by atoms with Crippen molar-refractivity contribution in [3.05, 3.63) is 71.8 Å². The molecule has 3 heteroatoms. The van der Waals surface area contributed by atoms with Crippen molar-refractivity contribution in [2.45, 2.75) is 31.2 Å². The van der Waals surface area contributed by atoms with Gasteiger partial charge in [0.05, 0.1) is 6.04 Å². The van der Waals surface area contributed by atoms with Crippen molar-refractivity contribution in [3.63, 3.8) is 0 Å². The topological polar surface area (TPSA) is 46.3 Å². The first-order chi connectivity index (χ1) is 11.1. The van der Waals surface area contributed by atoms with Gasteiger partial charge in [0.1, 0.15) is 0 Å². The van der Waals surface area contributed by atoms with Crippen LogP contribution in [0.15, 0.2) is 60.7 Å². The number of hydrogen-bond donors (Lipinski definition) is 1. The lowest BCUT2D eigenvalue weighted by Gasteiger charge is -2.44. The number of nitrogens with two attached hydrogens (primary N) is 1. The van der Waals surface area contributed by atoms with Gasteiger partial charge < -0.3 is 10.6 Å². The first-order valence-electron chi connectivity index (χ1n) is 8.29. The van der Waals surface area contributed by atoms with E-state index in [0.29, 0.717) is 6.54 Å². The lowest BCUT2D eigenvalue weighted by atomic mass is 9.69. The van der Waals surface area contributed by atoms with Crippen molar-refractivity contribution >= 4 is 5.91 Å². The van der Waals surface area contributed by atoms with Crippen molar-refractivity contribution in [3.8, 4) is 0 Å². The Morgan fingerprint density at radius 2 is 1.57 bits per heavy atom. The molecule has 2 aromatic rings. The maximum Gasteiger partial charge on any atom is 0.239 e. The Hall–Kier alpha value is -2.13. The van der Waals surface area contributed by atoms with Gasteiger partial charge in [-0.2, -0.15) is 0 Å². The summed E-state index contributed by atoms with van der Waals surface area (Å²) in [7, 11) is 0. The van der Waals surface area contributed by atoms with Gasteiger partial charge >= 0.3 is 0 Å². The summed E-state index contributed by atoms with van der Waals surface area (Å²) in [4.78, 5) is 14.4. The van der Waals surface area contributed by atoms with Gasteiger partial charge in [-0.1, -0.05) is 60.7 Å². The highest BCUT2D eigenvalue weighted by atomic mass is 16.2. The SMILES string of the molecule is C[C@H](N)C(=O)N1CCCC(c2ccccc2)(c2ccccc2)C1. The molecule has 0 spiro atoms. The molecule has 0 bridgehead atoms. The molecule has 0 saturated carbocycles. The molecule has 1 saturated heterocycles. The lowest BCUT2D eigenvalue weighted by molar-refractivity contribution is -0.134. The Balaban J connectivity index is 2.05. The van der Waals surface area contributed by atoms with Gasteiger partial charge in [0.2, 0.25) is 5.91 Å². The summed E-state index contributed by atoms with van der Waals surface area (Å²) in [6.45, 7) is 3.26. The Kier molecular flexibility index (Phi) is 4.49. The highest BCUT2D eigenvalue weighted by molar-refractivity contribution is 5.81. The molecule has 3 nitrogen and oxygen atoms in total. The number of carbonyl (C=O) groups is 1. The molecule has 0 aromatic heterocycles. The van der Waals surface area contributed by atoms with Crippen LogP contribution in [0.2, 0.25) is 0 Å². The summed E-state index contributed by atoms with van der Waals surface area (Å²) in [5.74, 6) is 0.0425. The second-order valence-corrected chi connectivity index (χ2v) is 6.47. The van der Waals surface area contributed by atoms with Crippen LogP contribution in [0.25, 0.3) is 0 Å². The molecule has 1 aliphatic rings. The van der Waals surface area contributed by atoms with Gasteiger partial charge in [0.25, 0.3) is 0 Å². The Morgan fingerprint density at radius 1 is 1.04 bits per heavy atom. The van der Waals surface area contributed by atoms with Crippen LogP contribution >= 0.6 is 0 Å². The molecular weight excluding hydrogens is 284 g/mol. The fourth-order valence-electron chi connectivity index (χ4n) is 3.68. The van der Waals surface area contributed by atoms with E-state index in [0.717, 1.165) is 19.4 Å².